The lowest BCUT2D eigenvalue weighted by atomic mass is 10.1. The van der Waals surface area contributed by atoms with Crippen LogP contribution in [0.2, 0.25) is 0 Å². The second-order valence-corrected chi connectivity index (χ2v) is 6.32. The van der Waals surface area contributed by atoms with E-state index in [1.54, 1.807) is 0 Å². The van der Waals surface area contributed by atoms with E-state index < -0.39 is 0 Å². The Bertz CT molecular complexity index is 476. The third-order valence-corrected chi connectivity index (χ3v) is 4.33. The molecule has 3 rings (SSSR count). The molecule has 1 aliphatic carbocycles. The van der Waals surface area contributed by atoms with Gasteiger partial charge in [0.25, 0.3) is 5.91 Å². The molecule has 1 unspecified atom stereocenters. The molecule has 1 aromatic rings. The van der Waals surface area contributed by atoms with Gasteiger partial charge in [-0.1, -0.05) is 17.7 Å². The molecule has 0 bridgehead atoms. The number of nitrogens with zero attached hydrogens (tertiary/aromatic N) is 1. The van der Waals surface area contributed by atoms with Crippen molar-refractivity contribution in [1.82, 2.24) is 10.2 Å². The minimum absolute atomic E-state index is 0.203. The first-order valence-corrected chi connectivity index (χ1v) is 7.82. The van der Waals surface area contributed by atoms with E-state index in [9.17, 15) is 4.79 Å². The lowest BCUT2D eigenvalue weighted by Crippen LogP contribution is -2.42. The SMILES string of the molecule is Cc1cccc(C(=O)N(CC2CC2)CC2CCCN2)c1. The maximum Gasteiger partial charge on any atom is 0.253 e. The van der Waals surface area contributed by atoms with Crippen LogP contribution in [0.5, 0.6) is 0 Å². The summed E-state index contributed by atoms with van der Waals surface area (Å²) in [6.45, 7) is 4.94. The Hall–Kier alpha value is -1.35. The van der Waals surface area contributed by atoms with E-state index in [1.165, 1.54) is 25.7 Å². The average molecular weight is 272 g/mol. The van der Waals surface area contributed by atoms with Crippen LogP contribution in [0.4, 0.5) is 0 Å². The van der Waals surface area contributed by atoms with E-state index in [2.05, 4.69) is 10.2 Å². The summed E-state index contributed by atoms with van der Waals surface area (Å²) in [5, 5.41) is 3.50. The highest BCUT2D eigenvalue weighted by Crippen LogP contribution is 2.30. The Kier molecular flexibility index (Phi) is 4.06. The highest BCUT2D eigenvalue weighted by molar-refractivity contribution is 5.94. The van der Waals surface area contributed by atoms with Crippen LogP contribution in [-0.2, 0) is 0 Å². The minimum Gasteiger partial charge on any atom is -0.337 e. The molecule has 2 fully saturated rings. The first-order valence-electron chi connectivity index (χ1n) is 7.82. The summed E-state index contributed by atoms with van der Waals surface area (Å²) in [6.07, 6.45) is 5.01. The Morgan fingerprint density at radius 3 is 2.80 bits per heavy atom. The molecule has 1 aliphatic heterocycles. The van der Waals surface area contributed by atoms with Crippen LogP contribution in [0, 0.1) is 12.8 Å². The fourth-order valence-corrected chi connectivity index (χ4v) is 2.99. The largest absolute Gasteiger partial charge is 0.337 e. The second-order valence-electron chi connectivity index (χ2n) is 6.32. The zero-order chi connectivity index (χ0) is 13.9. The van der Waals surface area contributed by atoms with E-state index in [4.69, 9.17) is 0 Å². The van der Waals surface area contributed by atoms with Gasteiger partial charge in [0.2, 0.25) is 0 Å². The first kappa shape index (κ1) is 13.6. The summed E-state index contributed by atoms with van der Waals surface area (Å²) in [4.78, 5) is 14.8. The van der Waals surface area contributed by atoms with Crippen molar-refractivity contribution in [2.75, 3.05) is 19.6 Å². The van der Waals surface area contributed by atoms with Crippen LogP contribution >= 0.6 is 0 Å². The number of aryl methyl sites for hydroxylation is 1. The fourth-order valence-electron chi connectivity index (χ4n) is 2.99. The molecule has 0 radical (unpaired) electrons. The third-order valence-electron chi connectivity index (χ3n) is 4.33. The highest BCUT2D eigenvalue weighted by Gasteiger charge is 2.29. The van der Waals surface area contributed by atoms with Gasteiger partial charge in [-0.25, -0.2) is 0 Å². The molecule has 1 amide bonds. The van der Waals surface area contributed by atoms with Crippen molar-refractivity contribution in [3.05, 3.63) is 35.4 Å². The van der Waals surface area contributed by atoms with Crippen LogP contribution in [0.15, 0.2) is 24.3 Å². The van der Waals surface area contributed by atoms with Gasteiger partial charge < -0.3 is 10.2 Å². The molecule has 1 saturated heterocycles. The van der Waals surface area contributed by atoms with Gasteiger partial charge in [-0.15, -0.1) is 0 Å². The summed E-state index contributed by atoms with van der Waals surface area (Å²) < 4.78 is 0. The highest BCUT2D eigenvalue weighted by atomic mass is 16.2. The van der Waals surface area contributed by atoms with Gasteiger partial charge >= 0.3 is 0 Å². The molecular weight excluding hydrogens is 248 g/mol. The summed E-state index contributed by atoms with van der Waals surface area (Å²) >= 11 is 0. The van der Waals surface area contributed by atoms with Gasteiger partial charge in [0.1, 0.15) is 0 Å². The van der Waals surface area contributed by atoms with E-state index in [0.29, 0.717) is 6.04 Å². The first-order chi connectivity index (χ1) is 9.72. The molecule has 1 heterocycles. The lowest BCUT2D eigenvalue weighted by Gasteiger charge is -2.26. The van der Waals surface area contributed by atoms with Crippen molar-refractivity contribution in [2.45, 2.75) is 38.6 Å². The van der Waals surface area contributed by atoms with E-state index >= 15 is 0 Å². The Balaban J connectivity index is 1.71. The Morgan fingerprint density at radius 1 is 1.30 bits per heavy atom. The van der Waals surface area contributed by atoms with Crippen LogP contribution in [-0.4, -0.2) is 36.5 Å². The molecular formula is C17H24N2O. The van der Waals surface area contributed by atoms with Crippen LogP contribution in [0.25, 0.3) is 0 Å². The van der Waals surface area contributed by atoms with Crippen LogP contribution < -0.4 is 5.32 Å². The molecule has 1 aromatic carbocycles. The van der Waals surface area contributed by atoms with Crippen molar-refractivity contribution in [3.8, 4) is 0 Å². The monoisotopic (exact) mass is 272 g/mol. The lowest BCUT2D eigenvalue weighted by molar-refractivity contribution is 0.0733. The molecule has 0 aromatic heterocycles. The van der Waals surface area contributed by atoms with E-state index in [1.807, 2.05) is 31.2 Å². The summed E-state index contributed by atoms with van der Waals surface area (Å²) in [6, 6.07) is 8.45. The van der Waals surface area contributed by atoms with Crippen molar-refractivity contribution >= 4 is 5.91 Å². The third kappa shape index (κ3) is 3.40. The number of rotatable bonds is 5. The quantitative estimate of drug-likeness (QED) is 0.893. The predicted molar refractivity (Wildman–Crippen MR) is 80.8 cm³/mol. The van der Waals surface area contributed by atoms with Crippen LogP contribution in [0.3, 0.4) is 0 Å². The Labute approximate surface area is 121 Å². The summed E-state index contributed by atoms with van der Waals surface area (Å²) in [5.41, 5.74) is 1.99. The average Bonchev–Trinajstić information content (AvgIpc) is 3.11. The Morgan fingerprint density at radius 2 is 2.15 bits per heavy atom. The molecule has 0 spiro atoms. The molecule has 2 aliphatic rings. The predicted octanol–water partition coefficient (Wildman–Crippen LogP) is 2.60. The molecule has 108 valence electrons. The van der Waals surface area contributed by atoms with E-state index in [0.717, 1.165) is 36.7 Å². The topological polar surface area (TPSA) is 32.3 Å². The van der Waals surface area contributed by atoms with Gasteiger partial charge in [0.15, 0.2) is 0 Å². The maximum absolute atomic E-state index is 12.7. The number of hydrogen-bond donors (Lipinski definition) is 1. The molecule has 3 heteroatoms. The smallest absolute Gasteiger partial charge is 0.253 e. The van der Waals surface area contributed by atoms with Crippen molar-refractivity contribution in [2.24, 2.45) is 5.92 Å². The van der Waals surface area contributed by atoms with Crippen molar-refractivity contribution < 1.29 is 4.79 Å². The van der Waals surface area contributed by atoms with Gasteiger partial charge in [-0.3, -0.25) is 4.79 Å². The number of nitrogens with one attached hydrogen (secondary N) is 1. The van der Waals surface area contributed by atoms with Gasteiger partial charge in [-0.2, -0.15) is 0 Å². The fraction of sp³-hybridized carbons (Fsp3) is 0.588. The van der Waals surface area contributed by atoms with Crippen molar-refractivity contribution in [1.29, 1.82) is 0 Å². The molecule has 1 atom stereocenters. The van der Waals surface area contributed by atoms with E-state index in [-0.39, 0.29) is 5.91 Å². The number of carbonyl (C=O) groups is 1. The van der Waals surface area contributed by atoms with Gasteiger partial charge in [0.05, 0.1) is 0 Å². The molecule has 1 saturated carbocycles. The minimum atomic E-state index is 0.203. The van der Waals surface area contributed by atoms with Gasteiger partial charge in [0, 0.05) is 24.7 Å². The number of benzene rings is 1. The maximum atomic E-state index is 12.7. The number of carbonyl (C=O) groups excluding carboxylic acids is 1. The standard InChI is InChI=1S/C17H24N2O/c1-13-4-2-5-15(10-13)17(20)19(11-14-7-8-14)12-16-6-3-9-18-16/h2,4-5,10,14,16,18H,3,6-9,11-12H2,1H3. The zero-order valence-corrected chi connectivity index (χ0v) is 12.3. The molecule has 20 heavy (non-hydrogen) atoms. The normalized spacial score (nSPS) is 21.9. The number of amides is 1. The molecule has 1 N–H and O–H groups in total. The van der Waals surface area contributed by atoms with Crippen molar-refractivity contribution in [3.63, 3.8) is 0 Å². The zero-order valence-electron chi connectivity index (χ0n) is 12.3. The van der Waals surface area contributed by atoms with Gasteiger partial charge in [-0.05, 0) is 57.2 Å². The molecule has 3 nitrogen and oxygen atoms in total. The number of hydrogen-bond acceptors (Lipinski definition) is 2. The summed E-state index contributed by atoms with van der Waals surface area (Å²) in [5.74, 6) is 0.944. The van der Waals surface area contributed by atoms with Crippen LogP contribution in [0.1, 0.15) is 41.6 Å². The summed E-state index contributed by atoms with van der Waals surface area (Å²) in [7, 11) is 0. The second kappa shape index (κ2) is 5.96.